The first kappa shape index (κ1) is 31.0. The van der Waals surface area contributed by atoms with Gasteiger partial charge < -0.3 is 18.5 Å². The van der Waals surface area contributed by atoms with Gasteiger partial charge in [0.2, 0.25) is 0 Å². The fraction of sp³-hybridized carbons (Fsp3) is 0.342. The Labute approximate surface area is 274 Å². The zero-order chi connectivity index (χ0) is 29.2. The van der Waals surface area contributed by atoms with Crippen molar-refractivity contribution in [3.8, 4) is 11.3 Å². The first-order chi connectivity index (χ1) is 21.2. The Kier molecular flexibility index (Phi) is 9.57. The van der Waals surface area contributed by atoms with Crippen LogP contribution in [-0.2, 0) is 31.7 Å². The molecule has 44 heavy (non-hydrogen) atoms. The van der Waals surface area contributed by atoms with E-state index in [-0.39, 0.29) is 20.1 Å². The largest absolute Gasteiger partial charge is 0.498 e. The quantitative estimate of drug-likeness (QED) is 0.132. The van der Waals surface area contributed by atoms with Crippen molar-refractivity contribution >= 4 is 45.4 Å². The number of aryl methyl sites for hydroxylation is 1. The first-order valence-electron chi connectivity index (χ1n) is 15.9. The van der Waals surface area contributed by atoms with E-state index >= 15 is 0 Å². The SMILES string of the molecule is Cn1c2ccccc2c2oc3c(-c4ccccn4)[c-]ccc3c21.O=P(c1[c-]cccc1)(C1CCCCC1)C1CCCCC1.[Ir]. The zero-order valence-corrected chi connectivity index (χ0v) is 28.6. The van der Waals surface area contributed by atoms with E-state index in [0.29, 0.717) is 11.3 Å². The molecule has 4 nitrogen and oxygen atoms in total. The van der Waals surface area contributed by atoms with E-state index in [2.05, 4.69) is 59.1 Å². The van der Waals surface area contributed by atoms with Crippen LogP contribution in [0.4, 0.5) is 0 Å². The summed E-state index contributed by atoms with van der Waals surface area (Å²) in [7, 11) is -0.198. The topological polar surface area (TPSA) is 48.0 Å². The van der Waals surface area contributed by atoms with E-state index < -0.39 is 7.14 Å². The van der Waals surface area contributed by atoms with Crippen LogP contribution in [0.1, 0.15) is 64.2 Å². The molecule has 6 heteroatoms. The molecule has 2 aliphatic carbocycles. The molecular weight excluding hydrogens is 740 g/mol. The summed E-state index contributed by atoms with van der Waals surface area (Å²) >= 11 is 0. The molecule has 0 bridgehead atoms. The van der Waals surface area contributed by atoms with Gasteiger partial charge in [-0.3, -0.25) is 0 Å². The molecule has 0 saturated heterocycles. The van der Waals surface area contributed by atoms with Crippen LogP contribution in [0.15, 0.2) is 89.5 Å². The Bertz CT molecular complexity index is 1860. The van der Waals surface area contributed by atoms with E-state index in [9.17, 15) is 4.57 Å². The Morgan fingerprint density at radius 1 is 0.750 bits per heavy atom. The molecule has 3 heterocycles. The molecule has 3 aromatic heterocycles. The van der Waals surface area contributed by atoms with Gasteiger partial charge >= 0.3 is 0 Å². The number of para-hydroxylation sites is 1. The summed E-state index contributed by atoms with van der Waals surface area (Å²) in [6.45, 7) is 0. The molecule has 8 rings (SSSR count). The van der Waals surface area contributed by atoms with Crippen LogP contribution in [0, 0.1) is 12.1 Å². The summed E-state index contributed by atoms with van der Waals surface area (Å²) < 4.78 is 22.6. The van der Waals surface area contributed by atoms with Crippen LogP contribution in [0.3, 0.4) is 0 Å². The van der Waals surface area contributed by atoms with Gasteiger partial charge in [-0.15, -0.1) is 23.5 Å². The minimum atomic E-state index is -2.28. The maximum atomic E-state index is 14.1. The van der Waals surface area contributed by atoms with Crippen LogP contribution in [0.5, 0.6) is 0 Å². The molecule has 229 valence electrons. The van der Waals surface area contributed by atoms with Gasteiger partial charge in [-0.1, -0.05) is 68.4 Å². The maximum Gasteiger partial charge on any atom is 0.146 e. The number of hydrogen-bond donors (Lipinski definition) is 0. The third-order valence-corrected chi connectivity index (χ3v) is 13.9. The third kappa shape index (κ3) is 5.64. The molecule has 2 saturated carbocycles. The minimum absolute atomic E-state index is 0. The molecule has 6 aromatic rings. The molecule has 1 radical (unpaired) electrons. The van der Waals surface area contributed by atoms with Crippen LogP contribution < -0.4 is 5.30 Å². The van der Waals surface area contributed by atoms with Crippen LogP contribution in [-0.4, -0.2) is 20.9 Å². The number of hydrogen-bond acceptors (Lipinski definition) is 3. The van der Waals surface area contributed by atoms with E-state index in [0.717, 1.165) is 44.0 Å². The summed E-state index contributed by atoms with van der Waals surface area (Å²) in [5.74, 6) is 0. The van der Waals surface area contributed by atoms with Crippen molar-refractivity contribution in [2.75, 3.05) is 0 Å². The number of fused-ring (bicyclic) bond motifs is 5. The molecular formula is C38H39IrN2O2P-2. The number of furan rings is 1. The second kappa shape index (κ2) is 13.6. The summed E-state index contributed by atoms with van der Waals surface area (Å²) in [6.07, 6.45) is 14.3. The van der Waals surface area contributed by atoms with Crippen molar-refractivity contribution in [2.45, 2.75) is 75.5 Å². The number of benzene rings is 3. The van der Waals surface area contributed by atoms with Gasteiger partial charge in [0.15, 0.2) is 0 Å². The molecule has 2 fully saturated rings. The van der Waals surface area contributed by atoms with Crippen LogP contribution >= 0.6 is 7.14 Å². The minimum Gasteiger partial charge on any atom is -0.498 e. The van der Waals surface area contributed by atoms with Gasteiger partial charge in [0, 0.05) is 50.1 Å². The van der Waals surface area contributed by atoms with Gasteiger partial charge in [-0.25, -0.2) is 0 Å². The third-order valence-electron chi connectivity index (χ3n) is 9.69. The van der Waals surface area contributed by atoms with Crippen molar-refractivity contribution in [1.82, 2.24) is 9.55 Å². The smallest absolute Gasteiger partial charge is 0.146 e. The second-order valence-corrected chi connectivity index (χ2v) is 15.6. The zero-order valence-electron chi connectivity index (χ0n) is 25.3. The molecule has 0 N–H and O–H groups in total. The average Bonchev–Trinajstić information content (AvgIpc) is 3.61. The van der Waals surface area contributed by atoms with E-state index in [1.165, 1.54) is 69.7 Å². The number of nitrogens with zero attached hydrogens (tertiary/aromatic N) is 2. The van der Waals surface area contributed by atoms with Gasteiger partial charge in [0.25, 0.3) is 0 Å². The van der Waals surface area contributed by atoms with Crippen molar-refractivity contribution in [1.29, 1.82) is 0 Å². The Balaban J connectivity index is 0.000000154. The van der Waals surface area contributed by atoms with Crippen molar-refractivity contribution in [2.24, 2.45) is 7.05 Å². The molecule has 0 atom stereocenters. The molecule has 3 aromatic carbocycles. The Morgan fingerprint density at radius 2 is 1.43 bits per heavy atom. The van der Waals surface area contributed by atoms with E-state index in [4.69, 9.17) is 4.42 Å². The maximum absolute atomic E-state index is 14.1. The molecule has 2 aliphatic rings. The van der Waals surface area contributed by atoms with Crippen LogP contribution in [0.25, 0.3) is 44.2 Å². The summed E-state index contributed by atoms with van der Waals surface area (Å²) in [6, 6.07) is 32.9. The fourth-order valence-electron chi connectivity index (χ4n) is 7.57. The van der Waals surface area contributed by atoms with Gasteiger partial charge in [-0.05, 0) is 55.0 Å². The second-order valence-electron chi connectivity index (χ2n) is 12.2. The van der Waals surface area contributed by atoms with E-state index in [1.807, 2.05) is 48.5 Å². The molecule has 0 aliphatic heterocycles. The summed E-state index contributed by atoms with van der Waals surface area (Å²) in [5.41, 5.74) is 6.73. The van der Waals surface area contributed by atoms with Crippen LogP contribution in [0.2, 0.25) is 0 Å². The Morgan fingerprint density at radius 3 is 2.09 bits per heavy atom. The van der Waals surface area contributed by atoms with Crippen molar-refractivity contribution in [3.63, 3.8) is 0 Å². The number of pyridine rings is 1. The number of rotatable bonds is 4. The Hall–Kier alpha value is -2.97. The normalized spacial score (nSPS) is 16.5. The summed E-state index contributed by atoms with van der Waals surface area (Å²) in [4.78, 5) is 4.44. The van der Waals surface area contributed by atoms with Crippen molar-refractivity contribution < 1.29 is 29.1 Å². The number of aromatic nitrogens is 2. The molecule has 0 unspecified atom stereocenters. The average molecular weight is 779 g/mol. The molecule has 0 amide bonds. The predicted octanol–water partition coefficient (Wildman–Crippen LogP) is 10.1. The van der Waals surface area contributed by atoms with Gasteiger partial charge in [0.05, 0.1) is 23.8 Å². The van der Waals surface area contributed by atoms with Gasteiger partial charge in [-0.2, -0.15) is 30.3 Å². The standard InChI is InChI=1S/C20H13N2O.C18H26OP.Ir/c1-22-17-11-3-2-7-14(17)20-18(22)15-9-6-8-13(19(15)23-20)16-10-4-5-12-21-16;19-20(16-10-4-1-5-11-16,17-12-6-2-7-13-17)18-14-8-3-9-15-18;/h2-7,9-12H,1H3;1,4-5,10,17-18H,2-3,6-9,12-15H2;/q2*-1;. The predicted molar refractivity (Wildman–Crippen MR) is 179 cm³/mol. The monoisotopic (exact) mass is 779 g/mol. The first-order valence-corrected chi connectivity index (χ1v) is 17.8. The summed E-state index contributed by atoms with van der Waals surface area (Å²) in [5, 5.41) is 3.28. The van der Waals surface area contributed by atoms with E-state index in [1.54, 1.807) is 6.20 Å². The fourth-order valence-corrected chi connectivity index (χ4v) is 11.8. The van der Waals surface area contributed by atoms with Gasteiger partial charge in [0.1, 0.15) is 5.58 Å². The van der Waals surface area contributed by atoms with Crippen molar-refractivity contribution in [3.05, 3.63) is 97.2 Å². The molecule has 0 spiro atoms.